The maximum Gasteiger partial charge on any atom is 0.336 e. The van der Waals surface area contributed by atoms with Crippen LogP contribution in [0.3, 0.4) is 0 Å². The van der Waals surface area contributed by atoms with Gasteiger partial charge in [-0.3, -0.25) is 4.79 Å². The van der Waals surface area contributed by atoms with Gasteiger partial charge >= 0.3 is 5.97 Å². The lowest BCUT2D eigenvalue weighted by molar-refractivity contribution is -0.126. The average Bonchev–Trinajstić information content (AvgIpc) is 2.22. The van der Waals surface area contributed by atoms with Crippen LogP contribution >= 0.6 is 0 Å². The molecule has 0 aromatic heterocycles. The Labute approximate surface area is 87.5 Å². The molecule has 5 nitrogen and oxygen atoms in total. The number of aromatic carboxylic acids is 1. The van der Waals surface area contributed by atoms with Gasteiger partial charge in [0, 0.05) is 5.69 Å². The number of ether oxygens (including phenoxy) is 1. The summed E-state index contributed by atoms with van der Waals surface area (Å²) in [6.07, 6.45) is 0. The number of nitrogens with two attached hydrogens (primary N) is 1. The number of benzene rings is 1. The highest BCUT2D eigenvalue weighted by atomic mass is 16.5. The molecule has 0 unspecified atom stereocenters. The number of carbonyl (C=O) groups is 2. The molecule has 1 rings (SSSR count). The minimum Gasteiger partial charge on any atom is -0.478 e. The number of hydrogen-bond donors (Lipinski definition) is 2. The van der Waals surface area contributed by atoms with Crippen LogP contribution in [0.15, 0.2) is 18.2 Å². The molecule has 1 aromatic carbocycles. The van der Waals surface area contributed by atoms with Gasteiger partial charge in [0.2, 0.25) is 0 Å². The fourth-order valence-electron chi connectivity index (χ4n) is 0.885. The normalized spacial score (nSPS) is 8.40. The third-order valence-corrected chi connectivity index (χ3v) is 1.70. The van der Waals surface area contributed by atoms with Gasteiger partial charge in [-0.25, -0.2) is 4.79 Å². The van der Waals surface area contributed by atoms with Gasteiger partial charge in [-0.1, -0.05) is 6.07 Å². The van der Waals surface area contributed by atoms with Crippen molar-refractivity contribution < 1.29 is 19.4 Å². The minimum atomic E-state index is -0.935. The summed E-state index contributed by atoms with van der Waals surface area (Å²) in [4.78, 5) is 19.5. The maximum atomic E-state index is 10.5. The molecule has 15 heavy (non-hydrogen) atoms. The molecule has 1 aromatic rings. The van der Waals surface area contributed by atoms with Crippen LogP contribution in [0.2, 0.25) is 0 Å². The molecule has 0 aliphatic rings. The molecule has 0 saturated heterocycles. The van der Waals surface area contributed by atoms with Gasteiger partial charge < -0.3 is 15.6 Å². The SMILES string of the molecule is COC=O.Cc1c(N)cccc1C(=O)O. The summed E-state index contributed by atoms with van der Waals surface area (Å²) in [5.41, 5.74) is 6.91. The molecule has 82 valence electrons. The van der Waals surface area contributed by atoms with E-state index >= 15 is 0 Å². The van der Waals surface area contributed by atoms with Gasteiger partial charge in [0.15, 0.2) is 0 Å². The Balaban J connectivity index is 0.000000423. The first-order chi connectivity index (χ1) is 7.04. The first-order valence-electron chi connectivity index (χ1n) is 4.09. The van der Waals surface area contributed by atoms with E-state index < -0.39 is 5.97 Å². The van der Waals surface area contributed by atoms with Crippen LogP contribution in [0.1, 0.15) is 15.9 Å². The van der Waals surface area contributed by atoms with Crippen LogP contribution in [0.4, 0.5) is 5.69 Å². The van der Waals surface area contributed by atoms with Gasteiger partial charge in [-0.15, -0.1) is 0 Å². The predicted octanol–water partition coefficient (Wildman–Crippen LogP) is 1.06. The Morgan fingerprint density at radius 2 is 2.07 bits per heavy atom. The minimum absolute atomic E-state index is 0.269. The second-order valence-corrected chi connectivity index (χ2v) is 2.66. The topological polar surface area (TPSA) is 89.6 Å². The van der Waals surface area contributed by atoms with Crippen molar-refractivity contribution in [3.8, 4) is 0 Å². The highest BCUT2D eigenvalue weighted by molar-refractivity contribution is 5.90. The molecule has 0 aliphatic heterocycles. The van der Waals surface area contributed by atoms with Gasteiger partial charge in [0.05, 0.1) is 12.7 Å². The summed E-state index contributed by atoms with van der Waals surface area (Å²) in [6, 6.07) is 4.85. The molecule has 0 atom stereocenters. The van der Waals surface area contributed by atoms with Gasteiger partial charge in [0.25, 0.3) is 6.47 Å². The Morgan fingerprint density at radius 3 is 2.40 bits per heavy atom. The molecule has 0 aliphatic carbocycles. The van der Waals surface area contributed by atoms with Crippen molar-refractivity contribution in [2.75, 3.05) is 12.8 Å². The van der Waals surface area contributed by atoms with Crippen molar-refractivity contribution >= 4 is 18.1 Å². The highest BCUT2D eigenvalue weighted by Gasteiger charge is 2.06. The van der Waals surface area contributed by atoms with E-state index in [1.165, 1.54) is 13.2 Å². The number of anilines is 1. The molecule has 0 radical (unpaired) electrons. The van der Waals surface area contributed by atoms with Crippen molar-refractivity contribution in [1.82, 2.24) is 0 Å². The average molecular weight is 211 g/mol. The fraction of sp³-hybridized carbons (Fsp3) is 0.200. The summed E-state index contributed by atoms with van der Waals surface area (Å²) >= 11 is 0. The Kier molecular flexibility index (Phi) is 5.55. The first-order valence-corrected chi connectivity index (χ1v) is 4.09. The number of carboxylic acids is 1. The van der Waals surface area contributed by atoms with Crippen LogP contribution in [-0.4, -0.2) is 24.7 Å². The zero-order valence-electron chi connectivity index (χ0n) is 8.56. The van der Waals surface area contributed by atoms with Crippen LogP contribution < -0.4 is 5.73 Å². The summed E-state index contributed by atoms with van der Waals surface area (Å²) < 4.78 is 3.86. The molecular weight excluding hydrogens is 198 g/mol. The van der Waals surface area contributed by atoms with E-state index in [4.69, 9.17) is 15.6 Å². The van der Waals surface area contributed by atoms with Gasteiger partial charge in [0.1, 0.15) is 0 Å². The number of methoxy groups -OCH3 is 1. The fourth-order valence-corrected chi connectivity index (χ4v) is 0.885. The third-order valence-electron chi connectivity index (χ3n) is 1.70. The zero-order valence-corrected chi connectivity index (χ0v) is 8.56. The zero-order chi connectivity index (χ0) is 11.8. The number of hydrogen-bond acceptors (Lipinski definition) is 4. The molecule has 0 amide bonds. The molecule has 0 heterocycles. The van der Waals surface area contributed by atoms with Gasteiger partial charge in [-0.2, -0.15) is 0 Å². The largest absolute Gasteiger partial charge is 0.478 e. The molecule has 0 fully saturated rings. The lowest BCUT2D eigenvalue weighted by Crippen LogP contribution is -2.01. The Bertz CT molecular complexity index is 349. The van der Waals surface area contributed by atoms with Crippen LogP contribution in [-0.2, 0) is 9.53 Å². The van der Waals surface area contributed by atoms with Crippen LogP contribution in [0.5, 0.6) is 0 Å². The number of nitrogen functional groups attached to an aromatic ring is 1. The third kappa shape index (κ3) is 4.12. The van der Waals surface area contributed by atoms with E-state index in [-0.39, 0.29) is 5.56 Å². The predicted molar refractivity (Wildman–Crippen MR) is 55.6 cm³/mol. The van der Waals surface area contributed by atoms with Crippen LogP contribution in [0.25, 0.3) is 0 Å². The van der Waals surface area contributed by atoms with Crippen LogP contribution in [0, 0.1) is 6.92 Å². The number of rotatable bonds is 2. The maximum absolute atomic E-state index is 10.5. The van der Waals surface area contributed by atoms with E-state index in [9.17, 15) is 4.79 Å². The number of carboxylic acid groups (broad SMARTS) is 1. The summed E-state index contributed by atoms with van der Waals surface area (Å²) in [5.74, 6) is -0.935. The molecule has 5 heteroatoms. The van der Waals surface area contributed by atoms with Crippen molar-refractivity contribution in [1.29, 1.82) is 0 Å². The molecule has 0 spiro atoms. The second kappa shape index (κ2) is 6.42. The number of carbonyl (C=O) groups excluding carboxylic acids is 1. The van der Waals surface area contributed by atoms with Crippen molar-refractivity contribution in [2.24, 2.45) is 0 Å². The molecule has 0 saturated carbocycles. The van der Waals surface area contributed by atoms with E-state index in [1.54, 1.807) is 19.1 Å². The molecule has 0 bridgehead atoms. The summed E-state index contributed by atoms with van der Waals surface area (Å²) in [5, 5.41) is 8.63. The standard InChI is InChI=1S/C8H9NO2.C2H4O2/c1-5-6(8(10)11)3-2-4-7(5)9;1-4-2-3/h2-4H,9H2,1H3,(H,10,11);2H,1H3. The summed E-state index contributed by atoms with van der Waals surface area (Å²) in [7, 11) is 1.31. The van der Waals surface area contributed by atoms with E-state index in [0.29, 0.717) is 17.7 Å². The Hall–Kier alpha value is -2.04. The Morgan fingerprint density at radius 1 is 1.53 bits per heavy atom. The van der Waals surface area contributed by atoms with E-state index in [1.807, 2.05) is 0 Å². The smallest absolute Gasteiger partial charge is 0.336 e. The summed E-state index contributed by atoms with van der Waals surface area (Å²) in [6.45, 7) is 2.07. The van der Waals surface area contributed by atoms with E-state index in [0.717, 1.165) is 0 Å². The quantitative estimate of drug-likeness (QED) is 0.564. The molecular formula is C10H13NO4. The molecule has 3 N–H and O–H groups in total. The highest BCUT2D eigenvalue weighted by Crippen LogP contribution is 2.14. The monoisotopic (exact) mass is 211 g/mol. The lowest BCUT2D eigenvalue weighted by Gasteiger charge is -2.02. The second-order valence-electron chi connectivity index (χ2n) is 2.66. The first kappa shape index (κ1) is 13.0. The van der Waals surface area contributed by atoms with Crippen molar-refractivity contribution in [3.05, 3.63) is 29.3 Å². The van der Waals surface area contributed by atoms with Crippen molar-refractivity contribution in [2.45, 2.75) is 6.92 Å². The van der Waals surface area contributed by atoms with Crippen molar-refractivity contribution in [3.63, 3.8) is 0 Å². The van der Waals surface area contributed by atoms with E-state index in [2.05, 4.69) is 4.74 Å². The van der Waals surface area contributed by atoms with Gasteiger partial charge in [-0.05, 0) is 24.6 Å². The lowest BCUT2D eigenvalue weighted by atomic mass is 10.1.